The van der Waals surface area contributed by atoms with Gasteiger partial charge in [0.25, 0.3) is 0 Å². The van der Waals surface area contributed by atoms with Crippen molar-refractivity contribution in [1.29, 1.82) is 0 Å². The summed E-state index contributed by atoms with van der Waals surface area (Å²) in [6, 6.07) is 14.9. The number of aromatic hydroxyl groups is 1. The number of nitrogens with zero attached hydrogens (tertiary/aromatic N) is 2. The van der Waals surface area contributed by atoms with Gasteiger partial charge in [0.2, 0.25) is 5.88 Å². The van der Waals surface area contributed by atoms with Gasteiger partial charge in [0, 0.05) is 35.3 Å². The number of pyridine rings is 1. The van der Waals surface area contributed by atoms with Crippen molar-refractivity contribution in [1.82, 2.24) is 9.55 Å². The fraction of sp³-hybridized carbons (Fsp3) is 0.179. The first kappa shape index (κ1) is 24.5. The molecule has 0 spiro atoms. The maximum Gasteiger partial charge on any atom is 0.344 e. The molecule has 0 amide bonds. The summed E-state index contributed by atoms with van der Waals surface area (Å²) in [7, 11) is 1.53. The fourth-order valence-corrected chi connectivity index (χ4v) is 3.97. The minimum absolute atomic E-state index is 0.0818. The van der Waals surface area contributed by atoms with E-state index in [1.54, 1.807) is 55.6 Å². The van der Waals surface area contributed by atoms with E-state index in [0.717, 1.165) is 11.1 Å². The number of carboxylic acids is 1. The summed E-state index contributed by atoms with van der Waals surface area (Å²) in [5.41, 5.74) is 3.14. The summed E-state index contributed by atoms with van der Waals surface area (Å²) >= 11 is 0. The standard InChI is InChI=1S/C28H26N2O6/c1-4-17-14-21(36-24(5-2)28(33)34)11-8-19(17)15-30-16-23(22-12-13-25(35-3)29-27(22)30)26(32)18-6-9-20(31)10-7-18/h4,6-14,16,24,31H,1,5,15H2,2-3H3,(H,33,34). The van der Waals surface area contributed by atoms with Crippen molar-refractivity contribution >= 4 is 28.9 Å². The topological polar surface area (TPSA) is 111 Å². The Morgan fingerprint density at radius 1 is 1.14 bits per heavy atom. The minimum atomic E-state index is -1.02. The molecule has 0 saturated carbocycles. The average molecular weight is 487 g/mol. The first-order valence-electron chi connectivity index (χ1n) is 11.4. The van der Waals surface area contributed by atoms with Crippen molar-refractivity contribution in [2.75, 3.05) is 7.11 Å². The quantitative estimate of drug-likeness (QED) is 0.306. The average Bonchev–Trinajstić information content (AvgIpc) is 3.25. The molecule has 184 valence electrons. The second-order valence-corrected chi connectivity index (χ2v) is 8.19. The van der Waals surface area contributed by atoms with Crippen LogP contribution in [-0.4, -0.2) is 44.7 Å². The Morgan fingerprint density at radius 2 is 1.89 bits per heavy atom. The van der Waals surface area contributed by atoms with Gasteiger partial charge in [-0.3, -0.25) is 4.79 Å². The Balaban J connectivity index is 1.74. The van der Waals surface area contributed by atoms with Crippen LogP contribution in [-0.2, 0) is 11.3 Å². The van der Waals surface area contributed by atoms with Gasteiger partial charge in [-0.15, -0.1) is 0 Å². The minimum Gasteiger partial charge on any atom is -0.508 e. The SMILES string of the molecule is C=Cc1cc(OC(CC)C(=O)O)ccc1Cn1cc(C(=O)c2ccc(O)cc2)c2ccc(OC)nc21. The molecule has 0 radical (unpaired) electrons. The van der Waals surface area contributed by atoms with Gasteiger partial charge in [0.05, 0.1) is 7.11 Å². The predicted molar refractivity (Wildman–Crippen MR) is 136 cm³/mol. The molecule has 0 bridgehead atoms. The van der Waals surface area contributed by atoms with Crippen LogP contribution < -0.4 is 9.47 Å². The molecule has 36 heavy (non-hydrogen) atoms. The van der Waals surface area contributed by atoms with E-state index >= 15 is 0 Å². The first-order valence-corrected chi connectivity index (χ1v) is 11.4. The monoisotopic (exact) mass is 486 g/mol. The van der Waals surface area contributed by atoms with Crippen LogP contribution in [0.2, 0.25) is 0 Å². The molecule has 4 rings (SSSR count). The molecular weight excluding hydrogens is 460 g/mol. The number of aliphatic carboxylic acids is 1. The summed E-state index contributed by atoms with van der Waals surface area (Å²) < 4.78 is 12.8. The van der Waals surface area contributed by atoms with Gasteiger partial charge >= 0.3 is 5.97 Å². The van der Waals surface area contributed by atoms with Crippen LogP contribution in [0.15, 0.2) is 67.4 Å². The van der Waals surface area contributed by atoms with E-state index in [1.165, 1.54) is 19.2 Å². The molecule has 2 aromatic heterocycles. The molecule has 0 aliphatic rings. The lowest BCUT2D eigenvalue weighted by molar-refractivity contribution is -0.145. The highest BCUT2D eigenvalue weighted by Crippen LogP contribution is 2.28. The molecular formula is C28H26N2O6. The highest BCUT2D eigenvalue weighted by Gasteiger charge is 2.20. The van der Waals surface area contributed by atoms with Crippen molar-refractivity contribution in [2.45, 2.75) is 26.0 Å². The number of hydrogen-bond donors (Lipinski definition) is 2. The number of methoxy groups -OCH3 is 1. The first-order chi connectivity index (χ1) is 17.3. The fourth-order valence-electron chi connectivity index (χ4n) is 3.97. The second-order valence-electron chi connectivity index (χ2n) is 8.19. The van der Waals surface area contributed by atoms with Crippen LogP contribution in [0.25, 0.3) is 17.1 Å². The Kier molecular flexibility index (Phi) is 7.05. The predicted octanol–water partition coefficient (Wildman–Crippen LogP) is 4.91. The van der Waals surface area contributed by atoms with Crippen LogP contribution in [0, 0.1) is 0 Å². The summed E-state index contributed by atoms with van der Waals surface area (Å²) in [6.07, 6.45) is 2.82. The number of carbonyl (C=O) groups excluding carboxylic acids is 1. The summed E-state index contributed by atoms with van der Waals surface area (Å²) in [5, 5.41) is 19.5. The van der Waals surface area contributed by atoms with Gasteiger partial charge in [-0.05, 0) is 60.0 Å². The normalized spacial score (nSPS) is 11.7. The Morgan fingerprint density at radius 3 is 2.53 bits per heavy atom. The molecule has 0 aliphatic carbocycles. The van der Waals surface area contributed by atoms with Crippen molar-refractivity contribution in [2.24, 2.45) is 0 Å². The molecule has 1 unspecified atom stereocenters. The zero-order valence-corrected chi connectivity index (χ0v) is 20.0. The molecule has 2 heterocycles. The number of carboxylic acid groups (broad SMARTS) is 1. The third-order valence-electron chi connectivity index (χ3n) is 5.88. The van der Waals surface area contributed by atoms with E-state index in [2.05, 4.69) is 11.6 Å². The zero-order chi connectivity index (χ0) is 25.8. The third kappa shape index (κ3) is 4.93. The maximum atomic E-state index is 13.3. The van der Waals surface area contributed by atoms with Crippen molar-refractivity contribution in [3.8, 4) is 17.4 Å². The van der Waals surface area contributed by atoms with Gasteiger partial charge < -0.3 is 24.3 Å². The highest BCUT2D eigenvalue weighted by atomic mass is 16.5. The number of aromatic nitrogens is 2. The lowest BCUT2D eigenvalue weighted by Crippen LogP contribution is -2.25. The van der Waals surface area contributed by atoms with Gasteiger partial charge in [0.1, 0.15) is 17.1 Å². The third-order valence-corrected chi connectivity index (χ3v) is 5.88. The number of phenols is 1. The number of fused-ring (bicyclic) bond motifs is 1. The summed E-state index contributed by atoms with van der Waals surface area (Å²) in [4.78, 5) is 29.2. The zero-order valence-electron chi connectivity index (χ0n) is 20.0. The molecule has 2 N–H and O–H groups in total. The van der Waals surface area contributed by atoms with E-state index in [1.807, 2.05) is 10.6 Å². The van der Waals surface area contributed by atoms with Gasteiger partial charge in [-0.1, -0.05) is 25.6 Å². The Bertz CT molecular complexity index is 1440. The second kappa shape index (κ2) is 10.4. The maximum absolute atomic E-state index is 13.3. The van der Waals surface area contributed by atoms with Gasteiger partial charge in [0.15, 0.2) is 11.9 Å². The lowest BCUT2D eigenvalue weighted by Gasteiger charge is -2.15. The van der Waals surface area contributed by atoms with E-state index in [0.29, 0.717) is 46.8 Å². The number of hydrogen-bond acceptors (Lipinski definition) is 6. The molecule has 2 aromatic carbocycles. The number of ketones is 1. The summed E-state index contributed by atoms with van der Waals surface area (Å²) in [6.45, 7) is 6.01. The van der Waals surface area contributed by atoms with E-state index in [-0.39, 0.29) is 11.5 Å². The number of rotatable bonds is 10. The Labute approximate surface area is 208 Å². The van der Waals surface area contributed by atoms with Crippen LogP contribution in [0.3, 0.4) is 0 Å². The number of carbonyl (C=O) groups is 2. The molecule has 8 nitrogen and oxygen atoms in total. The molecule has 0 aliphatic heterocycles. The van der Waals surface area contributed by atoms with Gasteiger partial charge in [-0.2, -0.15) is 4.98 Å². The van der Waals surface area contributed by atoms with Crippen LogP contribution in [0.5, 0.6) is 17.4 Å². The number of benzene rings is 2. The molecule has 0 saturated heterocycles. The summed E-state index contributed by atoms with van der Waals surface area (Å²) in [5.74, 6) is -0.289. The lowest BCUT2D eigenvalue weighted by atomic mass is 10.0. The van der Waals surface area contributed by atoms with Crippen molar-refractivity contribution < 1.29 is 29.3 Å². The largest absolute Gasteiger partial charge is 0.508 e. The van der Waals surface area contributed by atoms with Crippen molar-refractivity contribution in [3.05, 3.63) is 89.6 Å². The van der Waals surface area contributed by atoms with Crippen LogP contribution in [0.1, 0.15) is 40.4 Å². The smallest absolute Gasteiger partial charge is 0.344 e. The molecule has 4 aromatic rings. The number of phenolic OH excluding ortho intramolecular Hbond substituents is 1. The van der Waals surface area contributed by atoms with Gasteiger partial charge in [-0.25, -0.2) is 4.79 Å². The van der Waals surface area contributed by atoms with E-state index in [4.69, 9.17) is 9.47 Å². The highest BCUT2D eigenvalue weighted by molar-refractivity contribution is 6.16. The van der Waals surface area contributed by atoms with Crippen LogP contribution in [0.4, 0.5) is 0 Å². The number of ether oxygens (including phenoxy) is 2. The van der Waals surface area contributed by atoms with Crippen LogP contribution >= 0.6 is 0 Å². The molecule has 0 fully saturated rings. The molecule has 1 atom stereocenters. The van der Waals surface area contributed by atoms with E-state index < -0.39 is 12.1 Å². The van der Waals surface area contributed by atoms with E-state index in [9.17, 15) is 19.8 Å². The molecule has 8 heteroatoms. The van der Waals surface area contributed by atoms with Crippen molar-refractivity contribution in [3.63, 3.8) is 0 Å². The Hall–Kier alpha value is -4.59.